The molecule has 1 aliphatic carbocycles. The number of nitrogens with zero attached hydrogens (tertiary/aromatic N) is 2. The van der Waals surface area contributed by atoms with Gasteiger partial charge in [-0.1, -0.05) is 12.1 Å². The van der Waals surface area contributed by atoms with Crippen molar-refractivity contribution in [1.82, 2.24) is 9.97 Å². The topological polar surface area (TPSA) is 81.2 Å². The van der Waals surface area contributed by atoms with Crippen molar-refractivity contribution in [2.75, 3.05) is 28.4 Å². The minimum absolute atomic E-state index is 0.0167. The van der Waals surface area contributed by atoms with Crippen LogP contribution in [0, 0.1) is 0 Å². The molecule has 5 rings (SSSR count). The third-order valence-corrected chi connectivity index (χ3v) is 7.27. The maximum atomic E-state index is 6.46. The third-order valence-electron chi connectivity index (χ3n) is 7.27. The second kappa shape index (κ2) is 11.2. The van der Waals surface area contributed by atoms with Crippen LogP contribution >= 0.6 is 0 Å². The summed E-state index contributed by atoms with van der Waals surface area (Å²) in [4.78, 5) is 9.29. The Morgan fingerprint density at radius 2 is 1.49 bits per heavy atom. The van der Waals surface area contributed by atoms with Crippen LogP contribution in [0.5, 0.6) is 5.75 Å². The largest absolute Gasteiger partial charge is 0.497 e. The first-order valence-corrected chi connectivity index (χ1v) is 12.5. The highest BCUT2D eigenvalue weighted by Crippen LogP contribution is 2.33. The molecule has 1 aromatic heterocycles. The average Bonchev–Trinajstić information content (AvgIpc) is 3.34. The van der Waals surface area contributed by atoms with Gasteiger partial charge in [0.2, 0.25) is 0 Å². The van der Waals surface area contributed by atoms with Crippen molar-refractivity contribution in [2.24, 2.45) is 0 Å². The van der Waals surface area contributed by atoms with Crippen LogP contribution < -0.4 is 4.74 Å². The zero-order chi connectivity index (χ0) is 25.9. The third kappa shape index (κ3) is 5.26. The lowest BCUT2D eigenvalue weighted by molar-refractivity contribution is -0.314. The van der Waals surface area contributed by atoms with E-state index < -0.39 is 6.29 Å². The van der Waals surface area contributed by atoms with Gasteiger partial charge in [-0.2, -0.15) is 0 Å². The van der Waals surface area contributed by atoms with Crippen LogP contribution in [-0.4, -0.2) is 75.2 Å². The molecule has 0 radical (unpaired) electrons. The highest BCUT2D eigenvalue weighted by molar-refractivity contribution is 5.65. The number of hydrogen-bond donors (Lipinski definition) is 0. The Hall–Kier alpha value is -2.88. The number of fused-ring (bicyclic) bond motifs is 1. The zero-order valence-electron chi connectivity index (χ0n) is 21.9. The molecular formula is C29H34N2O6. The molecule has 6 atom stereocenters. The van der Waals surface area contributed by atoms with Crippen LogP contribution in [-0.2, 0) is 36.5 Å². The molecule has 1 saturated heterocycles. The van der Waals surface area contributed by atoms with Crippen LogP contribution in [0.3, 0.4) is 0 Å². The number of methoxy groups -OCH3 is 4. The fourth-order valence-electron chi connectivity index (χ4n) is 5.35. The first-order chi connectivity index (χ1) is 18.0. The first kappa shape index (κ1) is 25.8. The maximum Gasteiger partial charge on any atom is 0.187 e. The minimum atomic E-state index is -0.538. The number of benzene rings is 2. The summed E-state index contributed by atoms with van der Waals surface area (Å²) in [6.07, 6.45) is 1.77. The Bertz CT molecular complexity index is 1200. The van der Waals surface area contributed by atoms with Gasteiger partial charge in [0.1, 0.15) is 24.1 Å². The quantitative estimate of drug-likeness (QED) is 0.452. The molecule has 1 aliphatic heterocycles. The number of ether oxygens (including phenoxy) is 6. The van der Waals surface area contributed by atoms with Gasteiger partial charge in [-0.3, -0.25) is 0 Å². The van der Waals surface area contributed by atoms with Gasteiger partial charge in [-0.05, 0) is 67.3 Å². The predicted octanol–water partition coefficient (Wildman–Crippen LogP) is 4.09. The van der Waals surface area contributed by atoms with Crippen molar-refractivity contribution in [3.05, 3.63) is 65.9 Å². The lowest BCUT2D eigenvalue weighted by Crippen LogP contribution is -2.59. The van der Waals surface area contributed by atoms with E-state index in [9.17, 15) is 0 Å². The molecule has 2 heterocycles. The highest BCUT2D eigenvalue weighted by Gasteiger charge is 2.47. The van der Waals surface area contributed by atoms with Gasteiger partial charge in [0.05, 0.1) is 25.0 Å². The second-order valence-electron chi connectivity index (χ2n) is 9.45. The van der Waals surface area contributed by atoms with Gasteiger partial charge >= 0.3 is 0 Å². The molecule has 196 valence electrons. The Labute approximate surface area is 217 Å². The summed E-state index contributed by atoms with van der Waals surface area (Å²) >= 11 is 0. The van der Waals surface area contributed by atoms with E-state index in [1.807, 2.05) is 37.3 Å². The minimum Gasteiger partial charge on any atom is -0.497 e. The average molecular weight is 507 g/mol. The number of rotatable bonds is 8. The van der Waals surface area contributed by atoms with Gasteiger partial charge in [-0.15, -0.1) is 0 Å². The summed E-state index contributed by atoms with van der Waals surface area (Å²) in [5.74, 6) is 1.48. The van der Waals surface area contributed by atoms with E-state index in [4.69, 9.17) is 33.4 Å². The summed E-state index contributed by atoms with van der Waals surface area (Å²) in [5.41, 5.74) is 5.40. The Balaban J connectivity index is 1.30. The fraction of sp³-hybridized carbons (Fsp3) is 0.448. The van der Waals surface area contributed by atoms with E-state index in [1.54, 1.807) is 34.6 Å². The molecule has 0 bridgehead atoms. The monoisotopic (exact) mass is 506 g/mol. The van der Waals surface area contributed by atoms with Gasteiger partial charge in [0, 0.05) is 38.7 Å². The predicted molar refractivity (Wildman–Crippen MR) is 138 cm³/mol. The van der Waals surface area contributed by atoms with Gasteiger partial charge in [0.15, 0.2) is 12.1 Å². The van der Waals surface area contributed by atoms with Crippen molar-refractivity contribution in [3.63, 3.8) is 0 Å². The van der Waals surface area contributed by atoms with Crippen molar-refractivity contribution < 1.29 is 28.4 Å². The van der Waals surface area contributed by atoms with Crippen molar-refractivity contribution in [1.29, 1.82) is 0 Å². The molecule has 8 heteroatoms. The smallest absolute Gasteiger partial charge is 0.187 e. The van der Waals surface area contributed by atoms with Crippen molar-refractivity contribution >= 4 is 0 Å². The Kier molecular flexibility index (Phi) is 7.83. The van der Waals surface area contributed by atoms with Crippen molar-refractivity contribution in [3.8, 4) is 28.4 Å². The van der Waals surface area contributed by atoms with E-state index in [0.717, 1.165) is 35.4 Å². The Morgan fingerprint density at radius 3 is 2.19 bits per heavy atom. The molecule has 0 saturated carbocycles. The summed E-state index contributed by atoms with van der Waals surface area (Å²) < 4.78 is 34.9. The maximum absolute atomic E-state index is 6.46. The highest BCUT2D eigenvalue weighted by atomic mass is 16.7. The summed E-state index contributed by atoms with van der Waals surface area (Å²) in [6.45, 7) is 1.97. The van der Waals surface area contributed by atoms with Gasteiger partial charge < -0.3 is 28.4 Å². The molecule has 1 fully saturated rings. The summed E-state index contributed by atoms with van der Waals surface area (Å²) in [6, 6.07) is 16.2. The van der Waals surface area contributed by atoms with E-state index in [-0.39, 0.29) is 30.5 Å². The normalized spacial score (nSPS) is 27.2. The second-order valence-corrected chi connectivity index (χ2v) is 9.45. The lowest BCUT2D eigenvalue weighted by atomic mass is 9.99. The lowest BCUT2D eigenvalue weighted by Gasteiger charge is -2.44. The summed E-state index contributed by atoms with van der Waals surface area (Å²) in [5, 5.41) is 0. The molecule has 2 aromatic carbocycles. The van der Waals surface area contributed by atoms with Crippen LogP contribution in [0.4, 0.5) is 0 Å². The molecule has 0 amide bonds. The molecule has 3 aromatic rings. The zero-order valence-corrected chi connectivity index (χ0v) is 21.9. The summed E-state index contributed by atoms with van der Waals surface area (Å²) in [7, 11) is 6.63. The SMILES string of the molecule is COc1ccc(-c2nccc(-c3ccc4c(c3)CC(O[C@@H]3O[C@@H](C)[C@H](OC)[C@H](OC)[C@@H]3OC)C4)n2)cc1. The molecule has 1 unspecified atom stereocenters. The van der Waals surface area contributed by atoms with Crippen LogP contribution in [0.2, 0.25) is 0 Å². The molecule has 37 heavy (non-hydrogen) atoms. The standard InChI is InChI=1S/C29H34N2O6/c1-17-25(33-3)26(34-4)27(35-5)29(36-17)37-23-15-19-6-7-20(14-21(19)16-23)24-12-13-30-28(31-24)18-8-10-22(32-2)11-9-18/h6-14,17,23,25-27,29H,15-16H2,1-5H3/t17-,23?,25-,26-,27-,29-/m0/s1. The molecular weight excluding hydrogens is 472 g/mol. The number of aromatic nitrogens is 2. The fourth-order valence-corrected chi connectivity index (χ4v) is 5.35. The Morgan fingerprint density at radius 1 is 0.784 bits per heavy atom. The van der Waals surface area contributed by atoms with E-state index >= 15 is 0 Å². The molecule has 8 nitrogen and oxygen atoms in total. The molecule has 2 aliphatic rings. The van der Waals surface area contributed by atoms with Crippen LogP contribution in [0.1, 0.15) is 18.1 Å². The van der Waals surface area contributed by atoms with E-state index in [0.29, 0.717) is 5.82 Å². The van der Waals surface area contributed by atoms with Crippen molar-refractivity contribution in [2.45, 2.75) is 56.6 Å². The van der Waals surface area contributed by atoms with Crippen LogP contribution in [0.25, 0.3) is 22.6 Å². The molecule has 0 spiro atoms. The van der Waals surface area contributed by atoms with Crippen LogP contribution in [0.15, 0.2) is 54.7 Å². The van der Waals surface area contributed by atoms with E-state index in [1.165, 1.54) is 11.1 Å². The van der Waals surface area contributed by atoms with E-state index in [2.05, 4.69) is 23.2 Å². The van der Waals surface area contributed by atoms with Gasteiger partial charge in [0.25, 0.3) is 0 Å². The first-order valence-electron chi connectivity index (χ1n) is 12.5. The molecule has 0 N–H and O–H groups in total. The number of hydrogen-bond acceptors (Lipinski definition) is 8. The van der Waals surface area contributed by atoms with Gasteiger partial charge in [-0.25, -0.2) is 9.97 Å².